The topological polar surface area (TPSA) is 60.6 Å². The molecule has 158 valence electrons. The number of hydrogen-bond donors (Lipinski definition) is 2. The summed E-state index contributed by atoms with van der Waals surface area (Å²) in [6.07, 6.45) is 4.74. The number of aromatic amines is 2. The van der Waals surface area contributed by atoms with Gasteiger partial charge in [0, 0.05) is 42.7 Å². The Morgan fingerprint density at radius 3 is 2.72 bits per heavy atom. The van der Waals surface area contributed by atoms with Crippen LogP contribution in [-0.4, -0.2) is 30.9 Å². The smallest absolute Gasteiger partial charge is 0.138 e. The first-order valence-electron chi connectivity index (χ1n) is 11.1. The Bertz CT molecular complexity index is 1350. The molecule has 0 radical (unpaired) electrons. The van der Waals surface area contributed by atoms with E-state index in [0.717, 1.165) is 53.3 Å². The van der Waals surface area contributed by atoms with Crippen LogP contribution >= 0.6 is 0 Å². The zero-order valence-electron chi connectivity index (χ0n) is 18.0. The van der Waals surface area contributed by atoms with E-state index in [1.54, 1.807) is 6.20 Å². The van der Waals surface area contributed by atoms with Crippen LogP contribution in [0, 0.1) is 0 Å². The highest BCUT2D eigenvalue weighted by atomic mass is 15.2. The summed E-state index contributed by atoms with van der Waals surface area (Å²) in [5.74, 6) is 1.85. The molecule has 2 N–H and O–H groups in total. The average Bonchev–Trinajstić information content (AvgIpc) is 3.50. The van der Waals surface area contributed by atoms with Gasteiger partial charge in [-0.25, -0.2) is 9.97 Å². The van der Waals surface area contributed by atoms with Crippen LogP contribution in [-0.2, 0) is 19.5 Å². The molecule has 5 heteroatoms. The summed E-state index contributed by atoms with van der Waals surface area (Å²) in [6, 6.07) is 24.1. The van der Waals surface area contributed by atoms with Crippen LogP contribution in [0.2, 0.25) is 0 Å². The van der Waals surface area contributed by atoms with E-state index in [0.29, 0.717) is 6.04 Å². The average molecular weight is 420 g/mol. The van der Waals surface area contributed by atoms with E-state index < -0.39 is 0 Å². The van der Waals surface area contributed by atoms with Crippen molar-refractivity contribution in [1.29, 1.82) is 0 Å². The summed E-state index contributed by atoms with van der Waals surface area (Å²) in [4.78, 5) is 18.4. The third-order valence-corrected chi connectivity index (χ3v) is 6.47. The number of benzene rings is 3. The fraction of sp³-hybridized carbons (Fsp3) is 0.185. The normalized spacial score (nSPS) is 16.3. The van der Waals surface area contributed by atoms with Crippen LogP contribution in [0.15, 0.2) is 79.1 Å². The van der Waals surface area contributed by atoms with E-state index in [1.807, 2.05) is 24.4 Å². The molecule has 0 aliphatic carbocycles. The van der Waals surface area contributed by atoms with Crippen LogP contribution in [0.1, 0.15) is 23.6 Å². The van der Waals surface area contributed by atoms with E-state index in [1.165, 1.54) is 16.7 Å². The van der Waals surface area contributed by atoms with E-state index >= 15 is 0 Å². The number of hydrogen-bond acceptors (Lipinski definition) is 3. The molecule has 3 heterocycles. The molecule has 1 aliphatic heterocycles. The van der Waals surface area contributed by atoms with Gasteiger partial charge in [-0.15, -0.1) is 0 Å². The van der Waals surface area contributed by atoms with Gasteiger partial charge in [0.25, 0.3) is 0 Å². The fourth-order valence-electron chi connectivity index (χ4n) is 4.72. The lowest BCUT2D eigenvalue weighted by atomic mass is 9.92. The first-order valence-corrected chi connectivity index (χ1v) is 11.1. The molecule has 0 spiro atoms. The quantitative estimate of drug-likeness (QED) is 0.400. The van der Waals surface area contributed by atoms with Gasteiger partial charge in [0.15, 0.2) is 0 Å². The minimum absolute atomic E-state index is 0.492. The molecule has 0 amide bonds. The van der Waals surface area contributed by atoms with Crippen LogP contribution in [0.5, 0.6) is 0 Å². The predicted molar refractivity (Wildman–Crippen MR) is 128 cm³/mol. The molecule has 0 saturated carbocycles. The van der Waals surface area contributed by atoms with Gasteiger partial charge in [-0.1, -0.05) is 42.5 Å². The van der Waals surface area contributed by atoms with Crippen molar-refractivity contribution in [3.05, 3.63) is 95.8 Å². The van der Waals surface area contributed by atoms with Crippen molar-refractivity contribution in [2.24, 2.45) is 0 Å². The molecule has 1 unspecified atom stereocenters. The van der Waals surface area contributed by atoms with E-state index in [-0.39, 0.29) is 0 Å². The molecule has 2 aromatic heterocycles. The van der Waals surface area contributed by atoms with Gasteiger partial charge < -0.3 is 9.97 Å². The largest absolute Gasteiger partial charge is 0.345 e. The number of nitrogens with zero attached hydrogens (tertiary/aromatic N) is 3. The SMILES string of the molecule is CC1Cc2ccc(-c3ncc[nH]3)cc2CN1Cc1cccc(-c2nc3ccccc3[nH]2)c1. The molecule has 1 atom stereocenters. The molecule has 5 nitrogen and oxygen atoms in total. The minimum Gasteiger partial charge on any atom is -0.345 e. The summed E-state index contributed by atoms with van der Waals surface area (Å²) < 4.78 is 0. The second-order valence-electron chi connectivity index (χ2n) is 8.68. The number of aromatic nitrogens is 4. The summed E-state index contributed by atoms with van der Waals surface area (Å²) >= 11 is 0. The van der Waals surface area contributed by atoms with Gasteiger partial charge in [0.2, 0.25) is 0 Å². The Kier molecular flexibility index (Phi) is 4.62. The summed E-state index contributed by atoms with van der Waals surface area (Å²) in [6.45, 7) is 4.19. The Morgan fingerprint density at radius 1 is 0.938 bits per heavy atom. The molecule has 0 fully saturated rings. The van der Waals surface area contributed by atoms with Gasteiger partial charge >= 0.3 is 0 Å². The Hall–Kier alpha value is -3.70. The Balaban J connectivity index is 1.26. The molecule has 1 aliphatic rings. The van der Waals surface area contributed by atoms with Crippen molar-refractivity contribution >= 4 is 11.0 Å². The molecule has 32 heavy (non-hydrogen) atoms. The highest BCUT2D eigenvalue weighted by molar-refractivity contribution is 5.79. The van der Waals surface area contributed by atoms with Crippen molar-refractivity contribution in [1.82, 2.24) is 24.8 Å². The van der Waals surface area contributed by atoms with Gasteiger partial charge in [-0.2, -0.15) is 0 Å². The minimum atomic E-state index is 0.492. The number of H-pyrrole nitrogens is 2. The summed E-state index contributed by atoms with van der Waals surface area (Å²) in [5.41, 5.74) is 8.49. The fourth-order valence-corrected chi connectivity index (χ4v) is 4.72. The monoisotopic (exact) mass is 419 g/mol. The maximum absolute atomic E-state index is 4.77. The van der Waals surface area contributed by atoms with E-state index in [4.69, 9.17) is 4.98 Å². The molecular formula is C27H25N5. The second-order valence-corrected chi connectivity index (χ2v) is 8.68. The van der Waals surface area contributed by atoms with Crippen molar-refractivity contribution < 1.29 is 0 Å². The van der Waals surface area contributed by atoms with Crippen LogP contribution in [0.4, 0.5) is 0 Å². The van der Waals surface area contributed by atoms with Gasteiger partial charge in [-0.3, -0.25) is 4.90 Å². The van der Waals surface area contributed by atoms with Gasteiger partial charge in [0.05, 0.1) is 11.0 Å². The molecule has 0 saturated heterocycles. The van der Waals surface area contributed by atoms with E-state index in [2.05, 4.69) is 75.3 Å². The third kappa shape index (κ3) is 3.51. The van der Waals surface area contributed by atoms with Crippen LogP contribution < -0.4 is 0 Å². The summed E-state index contributed by atoms with van der Waals surface area (Å²) in [7, 11) is 0. The summed E-state index contributed by atoms with van der Waals surface area (Å²) in [5, 5.41) is 0. The third-order valence-electron chi connectivity index (χ3n) is 6.47. The van der Waals surface area contributed by atoms with E-state index in [9.17, 15) is 0 Å². The lowest BCUT2D eigenvalue weighted by Crippen LogP contribution is -2.37. The Morgan fingerprint density at radius 2 is 1.84 bits per heavy atom. The Labute approximate surface area is 187 Å². The second kappa shape index (κ2) is 7.77. The number of nitrogens with one attached hydrogen (secondary N) is 2. The van der Waals surface area contributed by atoms with Crippen molar-refractivity contribution in [3.63, 3.8) is 0 Å². The highest BCUT2D eigenvalue weighted by Crippen LogP contribution is 2.29. The molecule has 0 bridgehead atoms. The number of fused-ring (bicyclic) bond motifs is 2. The van der Waals surface area contributed by atoms with Crippen molar-refractivity contribution in [3.8, 4) is 22.8 Å². The number of imidazole rings is 2. The zero-order valence-corrected chi connectivity index (χ0v) is 18.0. The number of para-hydroxylation sites is 2. The standard InChI is InChI=1S/C27H25N5/c1-18-13-20-9-10-22(26-28-11-12-29-26)15-23(20)17-32(18)16-19-5-4-6-21(14-19)27-30-24-7-2-3-8-25(24)31-27/h2-12,14-15,18H,13,16-17H2,1H3,(H,28,29)(H,30,31). The van der Waals surface area contributed by atoms with Gasteiger partial charge in [0.1, 0.15) is 11.6 Å². The first-order chi connectivity index (χ1) is 15.7. The first kappa shape index (κ1) is 19.0. The zero-order chi connectivity index (χ0) is 21.5. The maximum Gasteiger partial charge on any atom is 0.138 e. The lowest BCUT2D eigenvalue weighted by molar-refractivity contribution is 0.175. The molecule has 6 rings (SSSR count). The number of rotatable bonds is 4. The van der Waals surface area contributed by atoms with Crippen molar-refractivity contribution in [2.75, 3.05) is 0 Å². The van der Waals surface area contributed by atoms with Crippen LogP contribution in [0.3, 0.4) is 0 Å². The van der Waals surface area contributed by atoms with Crippen molar-refractivity contribution in [2.45, 2.75) is 32.5 Å². The lowest BCUT2D eigenvalue weighted by Gasteiger charge is -2.35. The van der Waals surface area contributed by atoms with Crippen LogP contribution in [0.25, 0.3) is 33.8 Å². The highest BCUT2D eigenvalue weighted by Gasteiger charge is 2.23. The molecular weight excluding hydrogens is 394 g/mol. The predicted octanol–water partition coefficient (Wildman–Crippen LogP) is 5.57. The molecule has 3 aromatic carbocycles. The maximum atomic E-state index is 4.77. The van der Waals surface area contributed by atoms with Gasteiger partial charge in [-0.05, 0) is 54.3 Å². The molecule has 5 aromatic rings.